The van der Waals surface area contributed by atoms with Crippen LogP contribution in [-0.2, 0) is 14.3 Å². The van der Waals surface area contributed by atoms with E-state index in [9.17, 15) is 19.5 Å². The van der Waals surface area contributed by atoms with E-state index in [4.69, 9.17) is 9.47 Å². The molecule has 0 radical (unpaired) electrons. The van der Waals surface area contributed by atoms with Crippen molar-refractivity contribution in [2.75, 3.05) is 41.4 Å². The van der Waals surface area contributed by atoms with Gasteiger partial charge in [-0.2, -0.15) is 0 Å². The molecule has 9 nitrogen and oxygen atoms in total. The third-order valence-corrected chi connectivity index (χ3v) is 6.04. The Balaban J connectivity index is 2.17. The molecule has 1 aromatic heterocycles. The highest BCUT2D eigenvalue weighted by Crippen LogP contribution is 2.41. The van der Waals surface area contributed by atoms with E-state index in [-0.39, 0.29) is 17.0 Å². The Morgan fingerprint density at radius 2 is 1.79 bits per heavy atom. The topological polar surface area (TPSA) is 112 Å². The first-order valence-corrected chi connectivity index (χ1v) is 11.0. The molecule has 34 heavy (non-hydrogen) atoms. The summed E-state index contributed by atoms with van der Waals surface area (Å²) in [6.45, 7) is 4.41. The van der Waals surface area contributed by atoms with E-state index in [1.54, 1.807) is 45.2 Å². The van der Waals surface area contributed by atoms with E-state index in [0.29, 0.717) is 41.1 Å². The quantitative estimate of drug-likeness (QED) is 0.265. The summed E-state index contributed by atoms with van der Waals surface area (Å²) < 4.78 is 10.0. The van der Waals surface area contributed by atoms with Gasteiger partial charge in [0.2, 0.25) is 0 Å². The molecule has 1 atom stereocenters. The number of carbonyl (C=O) groups is 3. The number of carbonyl (C=O) groups excluding carboxylic acids is 3. The van der Waals surface area contributed by atoms with Crippen molar-refractivity contribution >= 4 is 23.4 Å². The van der Waals surface area contributed by atoms with Crippen LogP contribution >= 0.6 is 0 Å². The van der Waals surface area contributed by atoms with Crippen molar-refractivity contribution in [1.82, 2.24) is 14.8 Å². The number of hydrogen-bond donors (Lipinski definition) is 2. The number of benzene rings is 1. The molecule has 9 heteroatoms. The molecule has 2 aromatic rings. The van der Waals surface area contributed by atoms with Crippen LogP contribution in [0, 0.1) is 13.8 Å². The number of Topliss-reactive ketones (excluding diaryl/α,β-unsaturated/α-hetero) is 1. The van der Waals surface area contributed by atoms with Gasteiger partial charge in [0.15, 0.2) is 0 Å². The molecule has 2 heterocycles. The van der Waals surface area contributed by atoms with Crippen LogP contribution < -0.4 is 4.74 Å². The highest BCUT2D eigenvalue weighted by Gasteiger charge is 2.46. The van der Waals surface area contributed by atoms with Crippen molar-refractivity contribution in [3.05, 3.63) is 57.9 Å². The highest BCUT2D eigenvalue weighted by atomic mass is 16.5. The van der Waals surface area contributed by atoms with Gasteiger partial charge in [-0.15, -0.1) is 0 Å². The van der Waals surface area contributed by atoms with E-state index in [1.807, 2.05) is 19.0 Å². The molecule has 0 saturated carbocycles. The zero-order valence-electron chi connectivity index (χ0n) is 20.4. The summed E-state index contributed by atoms with van der Waals surface area (Å²) in [6.07, 6.45) is 0.654. The lowest BCUT2D eigenvalue weighted by atomic mass is 9.94. The maximum atomic E-state index is 13.2. The monoisotopic (exact) mass is 469 g/mol. The molecule has 1 aliphatic rings. The summed E-state index contributed by atoms with van der Waals surface area (Å²) in [5, 5.41) is 11.4. The smallest absolute Gasteiger partial charge is 0.354 e. The van der Waals surface area contributed by atoms with Crippen molar-refractivity contribution in [2.24, 2.45) is 0 Å². The molecule has 0 spiro atoms. The van der Waals surface area contributed by atoms with E-state index >= 15 is 0 Å². The number of aromatic nitrogens is 1. The first-order chi connectivity index (χ1) is 16.1. The standard InChI is InChI=1S/C25H31N3O6/c1-14-18(15(2)26-20(14)25(32)34-6)22(29)19-21(16-8-10-17(33-5)11-9-16)28(24(31)23(19)30)13-7-12-27(3)4/h8-11,21,26,29H,7,12-13H2,1-6H3/b22-19+/t21-/m0/s1. The minimum absolute atomic E-state index is 0.0124. The Morgan fingerprint density at radius 1 is 1.15 bits per heavy atom. The highest BCUT2D eigenvalue weighted by molar-refractivity contribution is 6.46. The maximum Gasteiger partial charge on any atom is 0.354 e. The second-order valence-electron chi connectivity index (χ2n) is 8.54. The van der Waals surface area contributed by atoms with Crippen molar-refractivity contribution < 1.29 is 29.0 Å². The van der Waals surface area contributed by atoms with Crippen molar-refractivity contribution in [3.63, 3.8) is 0 Å². The molecule has 3 rings (SSSR count). The molecule has 1 aromatic carbocycles. The minimum atomic E-state index is -0.775. The molecular weight excluding hydrogens is 438 g/mol. The number of methoxy groups -OCH3 is 2. The summed E-state index contributed by atoms with van der Waals surface area (Å²) >= 11 is 0. The first kappa shape index (κ1) is 25.0. The Hall–Kier alpha value is -3.59. The number of ketones is 1. The number of hydrogen-bond acceptors (Lipinski definition) is 7. The SMILES string of the molecule is COC(=O)c1[nH]c(C)c(/C(O)=C2\C(=O)C(=O)N(CCCN(C)C)[C@H]2c2ccc(OC)cc2)c1C. The lowest BCUT2D eigenvalue weighted by molar-refractivity contribution is -0.139. The normalized spacial score (nSPS) is 17.5. The van der Waals surface area contributed by atoms with Gasteiger partial charge in [0.1, 0.15) is 17.2 Å². The van der Waals surface area contributed by atoms with Crippen LogP contribution in [0.25, 0.3) is 5.76 Å². The number of aliphatic hydroxyl groups is 1. The molecule has 1 aliphatic heterocycles. The second-order valence-corrected chi connectivity index (χ2v) is 8.54. The van der Waals surface area contributed by atoms with Crippen LogP contribution in [0.2, 0.25) is 0 Å². The minimum Gasteiger partial charge on any atom is -0.507 e. The maximum absolute atomic E-state index is 13.2. The van der Waals surface area contributed by atoms with Gasteiger partial charge < -0.3 is 29.4 Å². The summed E-state index contributed by atoms with van der Waals surface area (Å²) in [5.41, 5.74) is 2.08. The van der Waals surface area contributed by atoms with Gasteiger partial charge in [0.05, 0.1) is 25.8 Å². The van der Waals surface area contributed by atoms with Gasteiger partial charge in [0.25, 0.3) is 11.7 Å². The summed E-state index contributed by atoms with van der Waals surface area (Å²) in [4.78, 5) is 44.8. The zero-order valence-corrected chi connectivity index (χ0v) is 20.4. The third kappa shape index (κ3) is 4.56. The van der Waals surface area contributed by atoms with Crippen LogP contribution in [0.5, 0.6) is 5.75 Å². The van der Waals surface area contributed by atoms with Crippen molar-refractivity contribution in [1.29, 1.82) is 0 Å². The predicted molar refractivity (Wildman–Crippen MR) is 127 cm³/mol. The summed E-state index contributed by atoms with van der Waals surface area (Å²) in [6, 6.07) is 6.27. The van der Waals surface area contributed by atoms with E-state index in [0.717, 1.165) is 6.54 Å². The number of rotatable bonds is 8. The average molecular weight is 470 g/mol. The third-order valence-electron chi connectivity index (χ3n) is 6.04. The van der Waals surface area contributed by atoms with Crippen molar-refractivity contribution in [3.8, 4) is 5.75 Å². The molecule has 0 aliphatic carbocycles. The second kappa shape index (κ2) is 10.1. The number of aliphatic hydroxyl groups excluding tert-OH is 1. The molecule has 1 amide bonds. The fourth-order valence-electron chi connectivity index (χ4n) is 4.35. The van der Waals surface area contributed by atoms with Crippen LogP contribution in [0.3, 0.4) is 0 Å². The number of amides is 1. The number of aromatic amines is 1. The van der Waals surface area contributed by atoms with E-state index < -0.39 is 23.7 Å². The lowest BCUT2D eigenvalue weighted by Crippen LogP contribution is -2.32. The lowest BCUT2D eigenvalue weighted by Gasteiger charge is -2.26. The Bertz CT molecular complexity index is 1130. The van der Waals surface area contributed by atoms with Gasteiger partial charge in [0, 0.05) is 17.8 Å². The number of aryl methyl sites for hydroxylation is 1. The number of esters is 1. The number of ether oxygens (including phenoxy) is 2. The molecule has 2 N–H and O–H groups in total. The Kier molecular flexibility index (Phi) is 7.46. The molecule has 0 unspecified atom stereocenters. The predicted octanol–water partition coefficient (Wildman–Crippen LogP) is 2.80. The Morgan fingerprint density at radius 3 is 2.35 bits per heavy atom. The summed E-state index contributed by atoms with van der Waals surface area (Å²) in [5.74, 6) is -1.71. The van der Waals surface area contributed by atoms with Crippen LogP contribution in [0.15, 0.2) is 29.8 Å². The zero-order chi connectivity index (χ0) is 25.2. The van der Waals surface area contributed by atoms with Gasteiger partial charge >= 0.3 is 5.97 Å². The van der Waals surface area contributed by atoms with Gasteiger partial charge in [-0.1, -0.05) is 12.1 Å². The molecule has 1 saturated heterocycles. The number of nitrogens with one attached hydrogen (secondary N) is 1. The fraction of sp³-hybridized carbons (Fsp3) is 0.400. The van der Waals surface area contributed by atoms with E-state index in [2.05, 4.69) is 4.98 Å². The fourth-order valence-corrected chi connectivity index (χ4v) is 4.35. The average Bonchev–Trinajstić information content (AvgIpc) is 3.25. The van der Waals surface area contributed by atoms with Crippen LogP contribution in [-0.4, -0.2) is 79.0 Å². The number of likely N-dealkylation sites (tertiary alicyclic amines) is 1. The molecular formula is C25H31N3O6. The molecule has 182 valence electrons. The largest absolute Gasteiger partial charge is 0.507 e. The molecule has 0 bridgehead atoms. The van der Waals surface area contributed by atoms with Crippen molar-refractivity contribution in [2.45, 2.75) is 26.3 Å². The number of H-pyrrole nitrogens is 1. The van der Waals surface area contributed by atoms with Gasteiger partial charge in [-0.05, 0) is 64.2 Å². The van der Waals surface area contributed by atoms with Gasteiger partial charge in [-0.25, -0.2) is 4.79 Å². The Labute approximate surface area is 199 Å². The van der Waals surface area contributed by atoms with Gasteiger partial charge in [-0.3, -0.25) is 9.59 Å². The summed E-state index contributed by atoms with van der Waals surface area (Å²) in [7, 11) is 6.69. The van der Waals surface area contributed by atoms with E-state index in [1.165, 1.54) is 12.0 Å². The van der Waals surface area contributed by atoms with Crippen LogP contribution in [0.1, 0.15) is 45.3 Å². The first-order valence-electron chi connectivity index (χ1n) is 11.0. The number of nitrogens with zero attached hydrogens (tertiary/aromatic N) is 2. The van der Waals surface area contributed by atoms with Crippen LogP contribution in [0.4, 0.5) is 0 Å². The molecule has 1 fully saturated rings.